The Morgan fingerprint density at radius 2 is 1.62 bits per heavy atom. The highest BCUT2D eigenvalue weighted by molar-refractivity contribution is 9.10. The molecule has 0 amide bonds. The van der Waals surface area contributed by atoms with Crippen molar-refractivity contribution in [2.24, 2.45) is 0 Å². The van der Waals surface area contributed by atoms with Crippen LogP contribution in [0.25, 0.3) is 11.4 Å². The summed E-state index contributed by atoms with van der Waals surface area (Å²) < 4.78 is 1.15. The van der Waals surface area contributed by atoms with E-state index in [-0.39, 0.29) is 0 Å². The number of nitrogens with one attached hydrogen (secondary N) is 1. The minimum atomic E-state index is 0.398. The monoisotopic (exact) mass is 347 g/mol. The molecule has 0 unspecified atom stereocenters. The molecule has 1 aromatic heterocycles. The van der Waals surface area contributed by atoms with Gasteiger partial charge < -0.3 is 5.32 Å². The highest BCUT2D eigenvalue weighted by Crippen LogP contribution is 2.30. The summed E-state index contributed by atoms with van der Waals surface area (Å²) in [6.45, 7) is 10.6. The number of aromatic nitrogens is 2. The Morgan fingerprint density at radius 3 is 2.10 bits per heavy atom. The van der Waals surface area contributed by atoms with Crippen LogP contribution in [0.3, 0.4) is 0 Å². The lowest BCUT2D eigenvalue weighted by Gasteiger charge is -2.16. The fourth-order valence-electron chi connectivity index (χ4n) is 2.67. The van der Waals surface area contributed by atoms with Crippen LogP contribution in [0.5, 0.6) is 0 Å². The molecule has 1 N–H and O–H groups in total. The highest BCUT2D eigenvalue weighted by Gasteiger charge is 2.15. The zero-order valence-corrected chi connectivity index (χ0v) is 15.1. The van der Waals surface area contributed by atoms with Crippen molar-refractivity contribution in [3.63, 3.8) is 0 Å². The van der Waals surface area contributed by atoms with E-state index in [0.29, 0.717) is 5.92 Å². The number of benzene rings is 1. The lowest BCUT2D eigenvalue weighted by atomic mass is 10.0. The van der Waals surface area contributed by atoms with E-state index in [0.717, 1.165) is 27.4 Å². The third-order valence-electron chi connectivity index (χ3n) is 3.65. The number of hydrogen-bond donors (Lipinski definition) is 1. The fraction of sp³-hybridized carbons (Fsp3) is 0.412. The second-order valence-corrected chi connectivity index (χ2v) is 6.52. The van der Waals surface area contributed by atoms with Crippen LogP contribution in [-0.2, 0) is 0 Å². The number of aryl methyl sites for hydroxylation is 3. The van der Waals surface area contributed by atoms with Crippen LogP contribution in [0.1, 0.15) is 42.1 Å². The smallest absolute Gasteiger partial charge is 0.161 e. The van der Waals surface area contributed by atoms with E-state index in [4.69, 9.17) is 9.97 Å². The number of halogens is 1. The van der Waals surface area contributed by atoms with Crippen molar-refractivity contribution in [1.29, 1.82) is 0 Å². The van der Waals surface area contributed by atoms with Gasteiger partial charge >= 0.3 is 0 Å². The van der Waals surface area contributed by atoms with E-state index in [9.17, 15) is 0 Å². The van der Waals surface area contributed by atoms with Gasteiger partial charge in [-0.25, -0.2) is 9.97 Å². The van der Waals surface area contributed by atoms with Gasteiger partial charge in [-0.3, -0.25) is 0 Å². The van der Waals surface area contributed by atoms with Crippen molar-refractivity contribution in [1.82, 2.24) is 9.97 Å². The van der Waals surface area contributed by atoms with E-state index in [1.807, 2.05) is 7.05 Å². The maximum atomic E-state index is 4.72. The van der Waals surface area contributed by atoms with Crippen LogP contribution in [0.15, 0.2) is 16.6 Å². The lowest BCUT2D eigenvalue weighted by molar-refractivity contribution is 0.833. The van der Waals surface area contributed by atoms with Crippen molar-refractivity contribution < 1.29 is 0 Å². The Labute approximate surface area is 135 Å². The molecule has 0 aliphatic carbocycles. The Kier molecular flexibility index (Phi) is 4.67. The normalized spacial score (nSPS) is 11.0. The van der Waals surface area contributed by atoms with Crippen LogP contribution in [-0.4, -0.2) is 17.0 Å². The summed E-state index contributed by atoms with van der Waals surface area (Å²) in [5.41, 5.74) is 5.68. The van der Waals surface area contributed by atoms with Gasteiger partial charge in [0.15, 0.2) is 5.82 Å². The molecule has 1 heterocycles. The van der Waals surface area contributed by atoms with E-state index < -0.39 is 0 Å². The SMILES string of the molecule is CNc1nc(-c2cc(C)c(Br)c(C)c2)nc(C)c1C(C)C. The van der Waals surface area contributed by atoms with Crippen LogP contribution in [0, 0.1) is 20.8 Å². The largest absolute Gasteiger partial charge is 0.373 e. The fourth-order valence-corrected chi connectivity index (χ4v) is 2.90. The number of hydrogen-bond acceptors (Lipinski definition) is 3. The molecule has 0 radical (unpaired) electrons. The van der Waals surface area contributed by atoms with Crippen LogP contribution in [0.4, 0.5) is 5.82 Å². The average Bonchev–Trinajstić information content (AvgIpc) is 2.42. The molecular formula is C17H22BrN3. The molecule has 2 aromatic rings. The molecule has 2 rings (SSSR count). The molecule has 1 aromatic carbocycles. The highest BCUT2D eigenvalue weighted by atomic mass is 79.9. The second kappa shape index (κ2) is 6.14. The van der Waals surface area contributed by atoms with Gasteiger partial charge in [-0.2, -0.15) is 0 Å². The molecule has 0 bridgehead atoms. The molecule has 3 nitrogen and oxygen atoms in total. The van der Waals surface area contributed by atoms with Crippen molar-refractivity contribution in [2.45, 2.75) is 40.5 Å². The van der Waals surface area contributed by atoms with Gasteiger partial charge in [-0.15, -0.1) is 0 Å². The molecule has 21 heavy (non-hydrogen) atoms. The van der Waals surface area contributed by atoms with Gasteiger partial charge in [0.05, 0.1) is 0 Å². The first-order valence-electron chi connectivity index (χ1n) is 7.18. The molecule has 0 atom stereocenters. The van der Waals surface area contributed by atoms with Crippen LogP contribution < -0.4 is 5.32 Å². The Balaban J connectivity index is 2.63. The zero-order chi connectivity index (χ0) is 15.7. The lowest BCUT2D eigenvalue weighted by Crippen LogP contribution is -2.07. The molecule has 0 saturated heterocycles. The maximum absolute atomic E-state index is 4.72. The summed E-state index contributed by atoms with van der Waals surface area (Å²) in [5.74, 6) is 2.10. The molecule has 0 aliphatic rings. The molecule has 0 fully saturated rings. The zero-order valence-electron chi connectivity index (χ0n) is 13.5. The average molecular weight is 348 g/mol. The molecule has 0 spiro atoms. The van der Waals surface area contributed by atoms with Crippen LogP contribution in [0.2, 0.25) is 0 Å². The first-order valence-corrected chi connectivity index (χ1v) is 7.97. The molecule has 4 heteroatoms. The summed E-state index contributed by atoms with van der Waals surface area (Å²) in [4.78, 5) is 9.44. The third kappa shape index (κ3) is 3.10. The molecule has 0 aliphatic heterocycles. The van der Waals surface area contributed by atoms with Crippen molar-refractivity contribution >= 4 is 21.7 Å². The topological polar surface area (TPSA) is 37.8 Å². The summed E-state index contributed by atoms with van der Waals surface area (Å²) in [6.07, 6.45) is 0. The van der Waals surface area contributed by atoms with Gasteiger partial charge in [0, 0.05) is 28.3 Å². The van der Waals surface area contributed by atoms with E-state index in [2.05, 4.69) is 68.0 Å². The minimum Gasteiger partial charge on any atom is -0.373 e. The van der Waals surface area contributed by atoms with E-state index in [1.165, 1.54) is 16.7 Å². The van der Waals surface area contributed by atoms with Crippen molar-refractivity contribution in [3.05, 3.63) is 39.0 Å². The molecular weight excluding hydrogens is 326 g/mol. The maximum Gasteiger partial charge on any atom is 0.161 e. The summed E-state index contributed by atoms with van der Waals surface area (Å²) in [5, 5.41) is 3.21. The summed E-state index contributed by atoms with van der Waals surface area (Å²) >= 11 is 3.61. The van der Waals surface area contributed by atoms with Crippen LogP contribution >= 0.6 is 15.9 Å². The number of rotatable bonds is 3. The third-order valence-corrected chi connectivity index (χ3v) is 4.90. The van der Waals surface area contributed by atoms with Gasteiger partial charge in [0.25, 0.3) is 0 Å². The Hall–Kier alpha value is -1.42. The second-order valence-electron chi connectivity index (χ2n) is 5.72. The van der Waals surface area contributed by atoms with Crippen molar-refractivity contribution in [3.8, 4) is 11.4 Å². The summed E-state index contributed by atoms with van der Waals surface area (Å²) in [6, 6.07) is 4.25. The van der Waals surface area contributed by atoms with Gasteiger partial charge in [0.1, 0.15) is 5.82 Å². The quantitative estimate of drug-likeness (QED) is 0.849. The first kappa shape index (κ1) is 16.0. The predicted octanol–water partition coefficient (Wildman–Crippen LogP) is 5.00. The number of anilines is 1. The number of nitrogens with zero attached hydrogens (tertiary/aromatic N) is 2. The van der Waals surface area contributed by atoms with Crippen molar-refractivity contribution in [2.75, 3.05) is 12.4 Å². The van der Waals surface area contributed by atoms with Gasteiger partial charge in [0.2, 0.25) is 0 Å². The Morgan fingerprint density at radius 1 is 1.05 bits per heavy atom. The van der Waals surface area contributed by atoms with E-state index in [1.54, 1.807) is 0 Å². The van der Waals surface area contributed by atoms with Gasteiger partial charge in [-0.1, -0.05) is 29.8 Å². The molecule has 112 valence electrons. The summed E-state index contributed by atoms with van der Waals surface area (Å²) in [7, 11) is 1.91. The standard InChI is InChI=1S/C17H22BrN3/c1-9(2)14-12(5)20-16(21-17(14)19-6)13-7-10(3)15(18)11(4)8-13/h7-9H,1-6H3,(H,19,20,21). The first-order chi connectivity index (χ1) is 9.85. The molecule has 0 saturated carbocycles. The Bertz CT molecular complexity index is 655. The van der Waals surface area contributed by atoms with E-state index >= 15 is 0 Å². The predicted molar refractivity (Wildman–Crippen MR) is 93.0 cm³/mol. The minimum absolute atomic E-state index is 0.398. The van der Waals surface area contributed by atoms with Gasteiger partial charge in [-0.05, 0) is 49.9 Å².